The third-order valence-corrected chi connectivity index (χ3v) is 2.11. The predicted molar refractivity (Wildman–Crippen MR) is 62.3 cm³/mol. The molecular weight excluding hydrogens is 160 g/mol. The fraction of sp³-hybridized carbons (Fsp3) is 1.00. The largest absolute Gasteiger partial charge is 0.318 e. The number of likely N-dealkylation sites (tertiary alicyclic amines) is 1. The van der Waals surface area contributed by atoms with Crippen molar-refractivity contribution in [3.63, 3.8) is 0 Å². The van der Waals surface area contributed by atoms with Gasteiger partial charge in [0.2, 0.25) is 0 Å². The minimum atomic E-state index is 0.801. The minimum absolute atomic E-state index is 0.801. The van der Waals surface area contributed by atoms with Gasteiger partial charge in [-0.15, -0.1) is 0 Å². The Hall–Kier alpha value is -0.0800. The minimum Gasteiger partial charge on any atom is -0.318 e. The van der Waals surface area contributed by atoms with E-state index in [9.17, 15) is 0 Å². The Kier molecular flexibility index (Phi) is 14.1. The van der Waals surface area contributed by atoms with Crippen molar-refractivity contribution in [3.8, 4) is 0 Å². The predicted octanol–water partition coefficient (Wildman–Crippen LogP) is 2.35. The standard InChI is InChI=1S/C7H16N2.2C2H6/c1-8-6-7-4-3-5-9(7)2;2*1-2/h7-8H,3-6H2,1-2H3;2*1-2H3. The average Bonchev–Trinajstić information content (AvgIpc) is 2.60. The Morgan fingerprint density at radius 3 is 2.08 bits per heavy atom. The van der Waals surface area contributed by atoms with E-state index in [2.05, 4.69) is 17.3 Å². The van der Waals surface area contributed by atoms with E-state index in [1.165, 1.54) is 19.4 Å². The maximum atomic E-state index is 3.20. The summed E-state index contributed by atoms with van der Waals surface area (Å²) in [7, 11) is 4.22. The molecule has 1 N–H and O–H groups in total. The number of nitrogens with zero attached hydrogens (tertiary/aromatic N) is 1. The van der Waals surface area contributed by atoms with Crippen molar-refractivity contribution in [1.82, 2.24) is 10.2 Å². The summed E-state index contributed by atoms with van der Waals surface area (Å²) >= 11 is 0. The Bertz CT molecular complexity index is 84.2. The molecule has 1 rings (SSSR count). The summed E-state index contributed by atoms with van der Waals surface area (Å²) in [6.45, 7) is 10.4. The van der Waals surface area contributed by atoms with E-state index < -0.39 is 0 Å². The van der Waals surface area contributed by atoms with Crippen molar-refractivity contribution in [2.45, 2.75) is 46.6 Å². The lowest BCUT2D eigenvalue weighted by Gasteiger charge is -2.18. The maximum absolute atomic E-state index is 3.20. The molecule has 1 aliphatic heterocycles. The maximum Gasteiger partial charge on any atom is 0.0217 e. The van der Waals surface area contributed by atoms with Crippen LogP contribution in [-0.2, 0) is 0 Å². The first-order valence-electron chi connectivity index (χ1n) is 5.69. The van der Waals surface area contributed by atoms with Crippen LogP contribution in [0.5, 0.6) is 0 Å². The van der Waals surface area contributed by atoms with Crippen LogP contribution >= 0.6 is 0 Å². The summed E-state index contributed by atoms with van der Waals surface area (Å²) in [4.78, 5) is 2.43. The van der Waals surface area contributed by atoms with Crippen LogP contribution in [0, 0.1) is 0 Å². The van der Waals surface area contributed by atoms with Crippen molar-refractivity contribution in [3.05, 3.63) is 0 Å². The molecule has 0 aromatic carbocycles. The highest BCUT2D eigenvalue weighted by molar-refractivity contribution is 4.77. The summed E-state index contributed by atoms with van der Waals surface area (Å²) in [5, 5.41) is 3.20. The van der Waals surface area contributed by atoms with Crippen LogP contribution in [0.2, 0.25) is 0 Å². The quantitative estimate of drug-likeness (QED) is 0.715. The molecule has 0 aliphatic carbocycles. The van der Waals surface area contributed by atoms with Crippen molar-refractivity contribution in [2.24, 2.45) is 0 Å². The third-order valence-electron chi connectivity index (χ3n) is 2.11. The van der Waals surface area contributed by atoms with Gasteiger partial charge in [0.05, 0.1) is 0 Å². The van der Waals surface area contributed by atoms with Gasteiger partial charge >= 0.3 is 0 Å². The van der Waals surface area contributed by atoms with Gasteiger partial charge < -0.3 is 10.2 Å². The number of hydrogen-bond acceptors (Lipinski definition) is 2. The normalized spacial score (nSPS) is 21.2. The van der Waals surface area contributed by atoms with Gasteiger partial charge in [0, 0.05) is 12.6 Å². The van der Waals surface area contributed by atoms with Crippen molar-refractivity contribution in [1.29, 1.82) is 0 Å². The lowest BCUT2D eigenvalue weighted by atomic mass is 10.2. The van der Waals surface area contributed by atoms with E-state index in [4.69, 9.17) is 0 Å². The SMILES string of the molecule is CC.CC.CNCC1CCCN1C. The number of nitrogens with one attached hydrogen (secondary N) is 1. The van der Waals surface area contributed by atoms with Gasteiger partial charge in [0.1, 0.15) is 0 Å². The molecule has 0 bridgehead atoms. The number of hydrogen-bond donors (Lipinski definition) is 1. The lowest BCUT2D eigenvalue weighted by Crippen LogP contribution is -2.33. The monoisotopic (exact) mass is 188 g/mol. The fourth-order valence-corrected chi connectivity index (χ4v) is 1.47. The molecule has 1 fully saturated rings. The second kappa shape index (κ2) is 11.9. The molecule has 2 heteroatoms. The van der Waals surface area contributed by atoms with Crippen LogP contribution < -0.4 is 5.32 Å². The van der Waals surface area contributed by atoms with E-state index in [1.807, 2.05) is 34.7 Å². The molecule has 1 aliphatic rings. The number of likely N-dealkylation sites (N-methyl/N-ethyl adjacent to an activating group) is 2. The molecule has 1 atom stereocenters. The zero-order valence-corrected chi connectivity index (χ0v) is 10.4. The highest BCUT2D eigenvalue weighted by Crippen LogP contribution is 2.12. The van der Waals surface area contributed by atoms with Crippen molar-refractivity contribution < 1.29 is 0 Å². The molecule has 2 nitrogen and oxygen atoms in total. The van der Waals surface area contributed by atoms with E-state index in [0.29, 0.717) is 0 Å². The van der Waals surface area contributed by atoms with Gasteiger partial charge in [-0.1, -0.05) is 27.7 Å². The molecule has 0 radical (unpaired) electrons. The molecule has 82 valence electrons. The molecule has 0 aromatic rings. The van der Waals surface area contributed by atoms with Crippen LogP contribution in [0.25, 0.3) is 0 Å². The second-order valence-corrected chi connectivity index (χ2v) is 2.83. The summed E-state index contributed by atoms with van der Waals surface area (Å²) in [5.74, 6) is 0. The summed E-state index contributed by atoms with van der Waals surface area (Å²) < 4.78 is 0. The van der Waals surface area contributed by atoms with Crippen molar-refractivity contribution >= 4 is 0 Å². The fourth-order valence-electron chi connectivity index (χ4n) is 1.47. The van der Waals surface area contributed by atoms with Crippen LogP contribution in [-0.4, -0.2) is 38.1 Å². The van der Waals surface area contributed by atoms with E-state index in [-0.39, 0.29) is 0 Å². The van der Waals surface area contributed by atoms with Gasteiger partial charge in [-0.05, 0) is 33.5 Å². The summed E-state index contributed by atoms with van der Waals surface area (Å²) in [5.41, 5.74) is 0. The summed E-state index contributed by atoms with van der Waals surface area (Å²) in [6, 6.07) is 0.801. The Balaban J connectivity index is 0. The first-order valence-corrected chi connectivity index (χ1v) is 5.69. The van der Waals surface area contributed by atoms with Crippen LogP contribution in [0.3, 0.4) is 0 Å². The van der Waals surface area contributed by atoms with E-state index in [1.54, 1.807) is 0 Å². The average molecular weight is 188 g/mol. The van der Waals surface area contributed by atoms with E-state index >= 15 is 0 Å². The van der Waals surface area contributed by atoms with Gasteiger partial charge in [-0.3, -0.25) is 0 Å². The van der Waals surface area contributed by atoms with Crippen LogP contribution in [0.1, 0.15) is 40.5 Å². The molecular formula is C11H28N2. The molecule has 1 unspecified atom stereocenters. The molecule has 0 amide bonds. The second-order valence-electron chi connectivity index (χ2n) is 2.83. The molecule has 0 spiro atoms. The zero-order valence-electron chi connectivity index (χ0n) is 10.4. The first kappa shape index (κ1) is 15.4. The van der Waals surface area contributed by atoms with Gasteiger partial charge in [-0.2, -0.15) is 0 Å². The smallest absolute Gasteiger partial charge is 0.0217 e. The van der Waals surface area contributed by atoms with E-state index in [0.717, 1.165) is 12.6 Å². The van der Waals surface area contributed by atoms with Crippen molar-refractivity contribution in [2.75, 3.05) is 27.2 Å². The molecule has 0 saturated carbocycles. The lowest BCUT2D eigenvalue weighted by molar-refractivity contribution is 0.305. The van der Waals surface area contributed by atoms with Gasteiger partial charge in [0.25, 0.3) is 0 Å². The molecule has 1 saturated heterocycles. The molecule has 0 aromatic heterocycles. The highest BCUT2D eigenvalue weighted by Gasteiger charge is 2.18. The summed E-state index contributed by atoms with van der Waals surface area (Å²) in [6.07, 6.45) is 2.75. The Morgan fingerprint density at radius 1 is 1.23 bits per heavy atom. The van der Waals surface area contributed by atoms with Gasteiger partial charge in [0.15, 0.2) is 0 Å². The molecule has 1 heterocycles. The first-order chi connectivity index (χ1) is 6.34. The topological polar surface area (TPSA) is 15.3 Å². The Morgan fingerprint density at radius 2 is 1.77 bits per heavy atom. The number of rotatable bonds is 2. The van der Waals surface area contributed by atoms with Gasteiger partial charge in [-0.25, -0.2) is 0 Å². The molecule has 13 heavy (non-hydrogen) atoms. The third kappa shape index (κ3) is 7.03. The van der Waals surface area contributed by atoms with Crippen LogP contribution in [0.15, 0.2) is 0 Å². The Labute approximate surface area is 84.7 Å². The van der Waals surface area contributed by atoms with Crippen LogP contribution in [0.4, 0.5) is 0 Å². The highest BCUT2D eigenvalue weighted by atomic mass is 15.2. The zero-order chi connectivity index (χ0) is 10.7.